The molecule has 0 unspecified atom stereocenters. The van der Waals surface area contributed by atoms with Crippen LogP contribution in [0.1, 0.15) is 5.56 Å². The molecule has 0 aliphatic heterocycles. The number of hydrogen-bond donors (Lipinski definition) is 1. The van der Waals surface area contributed by atoms with Crippen molar-refractivity contribution in [3.05, 3.63) is 29.6 Å². The van der Waals surface area contributed by atoms with Gasteiger partial charge >= 0.3 is 0 Å². The number of methoxy groups -OCH3 is 1. The quantitative estimate of drug-likeness (QED) is 0.594. The molecule has 21 heavy (non-hydrogen) atoms. The van der Waals surface area contributed by atoms with Crippen LogP contribution in [0.15, 0.2) is 18.2 Å². The predicted molar refractivity (Wildman–Crippen MR) is 78.2 cm³/mol. The lowest BCUT2D eigenvalue weighted by Gasteiger charge is -2.12. The summed E-state index contributed by atoms with van der Waals surface area (Å²) in [6.07, 6.45) is 0. The normalized spacial score (nSPS) is 10.8. The first-order valence-electron chi connectivity index (χ1n) is 6.98. The first-order valence-corrected chi connectivity index (χ1v) is 6.98. The smallest absolute Gasteiger partial charge is 0.165 e. The van der Waals surface area contributed by atoms with Crippen molar-refractivity contribution in [3.63, 3.8) is 0 Å². The first-order chi connectivity index (χ1) is 10.3. The van der Waals surface area contributed by atoms with E-state index in [0.717, 1.165) is 5.56 Å². The fraction of sp³-hybridized carbons (Fsp3) is 0.600. The van der Waals surface area contributed by atoms with Gasteiger partial charge in [-0.1, -0.05) is 12.1 Å². The van der Waals surface area contributed by atoms with E-state index < -0.39 is 0 Å². The fourth-order valence-corrected chi connectivity index (χ4v) is 1.71. The van der Waals surface area contributed by atoms with Crippen molar-refractivity contribution in [2.75, 3.05) is 53.8 Å². The second-order valence-corrected chi connectivity index (χ2v) is 4.32. The van der Waals surface area contributed by atoms with Crippen LogP contribution in [0.2, 0.25) is 0 Å². The highest BCUT2D eigenvalue weighted by Crippen LogP contribution is 2.22. The molecule has 0 bridgehead atoms. The van der Waals surface area contributed by atoms with Gasteiger partial charge < -0.3 is 24.3 Å². The van der Waals surface area contributed by atoms with Crippen LogP contribution < -0.4 is 10.1 Å². The van der Waals surface area contributed by atoms with Crippen molar-refractivity contribution in [3.8, 4) is 5.75 Å². The van der Waals surface area contributed by atoms with E-state index in [4.69, 9.17) is 18.9 Å². The maximum atomic E-state index is 13.7. The molecule has 1 aromatic rings. The van der Waals surface area contributed by atoms with E-state index in [1.165, 1.54) is 6.07 Å². The molecule has 0 radical (unpaired) electrons. The Kier molecular flexibility index (Phi) is 9.73. The minimum atomic E-state index is -0.356. The molecule has 0 saturated heterocycles. The summed E-state index contributed by atoms with van der Waals surface area (Å²) < 4.78 is 34.6. The molecule has 0 amide bonds. The van der Waals surface area contributed by atoms with E-state index in [1.54, 1.807) is 20.2 Å². The van der Waals surface area contributed by atoms with Gasteiger partial charge in [-0.05, 0) is 13.1 Å². The summed E-state index contributed by atoms with van der Waals surface area (Å²) in [5.74, 6) is -0.0718. The highest BCUT2D eigenvalue weighted by Gasteiger charge is 2.08. The minimum absolute atomic E-state index is 0.284. The molecule has 1 N–H and O–H groups in total. The Balaban J connectivity index is 2.18. The molecular weight excluding hydrogens is 277 g/mol. The lowest BCUT2D eigenvalue weighted by molar-refractivity contribution is 0.0176. The zero-order chi connectivity index (χ0) is 15.3. The molecule has 0 spiro atoms. The topological polar surface area (TPSA) is 49.0 Å². The van der Waals surface area contributed by atoms with Gasteiger partial charge in [-0.3, -0.25) is 0 Å². The molecule has 0 aromatic heterocycles. The zero-order valence-corrected chi connectivity index (χ0v) is 12.7. The van der Waals surface area contributed by atoms with Crippen molar-refractivity contribution < 1.29 is 23.3 Å². The summed E-state index contributed by atoms with van der Waals surface area (Å²) in [4.78, 5) is 0. The molecule has 120 valence electrons. The first kappa shape index (κ1) is 17.8. The summed E-state index contributed by atoms with van der Waals surface area (Å²) in [7, 11) is 3.43. The molecule has 1 rings (SSSR count). The van der Waals surface area contributed by atoms with E-state index in [2.05, 4.69) is 5.32 Å². The van der Waals surface area contributed by atoms with Gasteiger partial charge in [0.1, 0.15) is 6.61 Å². The molecule has 0 atom stereocenters. The molecule has 0 aliphatic carbocycles. The maximum Gasteiger partial charge on any atom is 0.165 e. The fourth-order valence-electron chi connectivity index (χ4n) is 1.71. The third-order valence-electron chi connectivity index (χ3n) is 2.69. The van der Waals surface area contributed by atoms with Crippen LogP contribution in [-0.4, -0.2) is 53.8 Å². The number of hydrogen-bond acceptors (Lipinski definition) is 5. The number of para-hydroxylation sites is 1. The Bertz CT molecular complexity index is 390. The molecule has 6 heteroatoms. The molecular formula is C15H24FNO4. The Morgan fingerprint density at radius 1 is 1.00 bits per heavy atom. The van der Waals surface area contributed by atoms with Crippen LogP contribution >= 0.6 is 0 Å². The van der Waals surface area contributed by atoms with Crippen LogP contribution in [-0.2, 0) is 20.8 Å². The second-order valence-electron chi connectivity index (χ2n) is 4.32. The van der Waals surface area contributed by atoms with Gasteiger partial charge in [0, 0.05) is 19.2 Å². The lowest BCUT2D eigenvalue weighted by atomic mass is 10.2. The molecule has 0 saturated carbocycles. The van der Waals surface area contributed by atoms with Gasteiger partial charge in [0.05, 0.1) is 33.0 Å². The number of benzene rings is 1. The standard InChI is InChI=1S/C15H24FNO4/c1-17-12-13-4-3-5-14(16)15(13)21-11-10-20-9-8-19-7-6-18-2/h3-5,17H,6-12H2,1-2H3. The number of rotatable bonds is 12. The Morgan fingerprint density at radius 2 is 1.67 bits per heavy atom. The van der Waals surface area contributed by atoms with Gasteiger partial charge in [0.2, 0.25) is 0 Å². The highest BCUT2D eigenvalue weighted by molar-refractivity contribution is 5.34. The molecule has 1 aromatic carbocycles. The largest absolute Gasteiger partial charge is 0.488 e. The van der Waals surface area contributed by atoms with Crippen molar-refractivity contribution in [2.45, 2.75) is 6.54 Å². The second kappa shape index (κ2) is 11.4. The lowest BCUT2D eigenvalue weighted by Crippen LogP contribution is -2.14. The zero-order valence-electron chi connectivity index (χ0n) is 12.7. The van der Waals surface area contributed by atoms with Crippen LogP contribution in [0.3, 0.4) is 0 Å². The molecule has 5 nitrogen and oxygen atoms in total. The monoisotopic (exact) mass is 301 g/mol. The third-order valence-corrected chi connectivity index (χ3v) is 2.69. The highest BCUT2D eigenvalue weighted by atomic mass is 19.1. The average molecular weight is 301 g/mol. The van der Waals surface area contributed by atoms with Crippen LogP contribution in [0.5, 0.6) is 5.75 Å². The summed E-state index contributed by atoms with van der Waals surface area (Å²) >= 11 is 0. The summed E-state index contributed by atoms with van der Waals surface area (Å²) in [5, 5.41) is 2.98. The van der Waals surface area contributed by atoms with E-state index >= 15 is 0 Å². The maximum absolute atomic E-state index is 13.7. The number of nitrogens with one attached hydrogen (secondary N) is 1. The Labute approximate surface area is 125 Å². The van der Waals surface area contributed by atoms with Crippen molar-refractivity contribution >= 4 is 0 Å². The Morgan fingerprint density at radius 3 is 2.33 bits per heavy atom. The van der Waals surface area contributed by atoms with E-state index in [0.29, 0.717) is 46.2 Å². The van der Waals surface area contributed by atoms with Crippen molar-refractivity contribution in [1.29, 1.82) is 0 Å². The average Bonchev–Trinajstić information content (AvgIpc) is 2.48. The molecule has 0 aliphatic rings. The summed E-state index contributed by atoms with van der Waals surface area (Å²) in [6.45, 7) is 3.36. The number of halogens is 1. The van der Waals surface area contributed by atoms with Crippen LogP contribution in [0.4, 0.5) is 4.39 Å². The summed E-state index contributed by atoms with van der Waals surface area (Å²) in [5.41, 5.74) is 0.792. The van der Waals surface area contributed by atoms with Crippen molar-refractivity contribution in [1.82, 2.24) is 5.32 Å². The van der Waals surface area contributed by atoms with Crippen LogP contribution in [0.25, 0.3) is 0 Å². The van der Waals surface area contributed by atoms with Gasteiger partial charge in [0.25, 0.3) is 0 Å². The van der Waals surface area contributed by atoms with Crippen molar-refractivity contribution in [2.24, 2.45) is 0 Å². The van der Waals surface area contributed by atoms with Crippen LogP contribution in [0, 0.1) is 5.82 Å². The predicted octanol–water partition coefficient (Wildman–Crippen LogP) is 1.60. The van der Waals surface area contributed by atoms with Gasteiger partial charge in [-0.25, -0.2) is 4.39 Å². The van der Waals surface area contributed by atoms with Gasteiger partial charge in [0.15, 0.2) is 11.6 Å². The number of ether oxygens (including phenoxy) is 4. The summed E-state index contributed by atoms with van der Waals surface area (Å²) in [6, 6.07) is 4.89. The van der Waals surface area contributed by atoms with E-state index in [9.17, 15) is 4.39 Å². The van der Waals surface area contributed by atoms with Gasteiger partial charge in [-0.15, -0.1) is 0 Å². The SMILES string of the molecule is CNCc1cccc(F)c1OCCOCCOCCOC. The molecule has 0 fully saturated rings. The van der Waals surface area contributed by atoms with Gasteiger partial charge in [-0.2, -0.15) is 0 Å². The molecule has 0 heterocycles. The Hall–Kier alpha value is -1.21. The van der Waals surface area contributed by atoms with E-state index in [1.807, 2.05) is 6.07 Å². The minimum Gasteiger partial charge on any atom is -0.488 e. The third kappa shape index (κ3) is 7.38. The van der Waals surface area contributed by atoms with E-state index in [-0.39, 0.29) is 11.6 Å².